The second-order valence-electron chi connectivity index (χ2n) is 4.83. The Hall–Kier alpha value is -2.73. The molecule has 0 aliphatic rings. The molecule has 0 fully saturated rings. The number of pyridine rings is 1. The molecule has 0 unspecified atom stereocenters. The molecule has 0 spiro atoms. The van der Waals surface area contributed by atoms with Crippen LogP contribution in [-0.4, -0.2) is 16.1 Å². The summed E-state index contributed by atoms with van der Waals surface area (Å²) >= 11 is 5.87. The third-order valence-corrected chi connectivity index (χ3v) is 3.62. The fourth-order valence-electron chi connectivity index (χ4n) is 2.34. The highest BCUT2D eigenvalue weighted by Crippen LogP contribution is 2.25. The zero-order valence-corrected chi connectivity index (χ0v) is 12.1. The van der Waals surface area contributed by atoms with Crippen LogP contribution >= 0.6 is 11.6 Å². The number of aromatic nitrogens is 1. The van der Waals surface area contributed by atoms with Gasteiger partial charge < -0.3 is 10.1 Å². The summed E-state index contributed by atoms with van der Waals surface area (Å²) in [5.41, 5.74) is -1.06. The van der Waals surface area contributed by atoms with Crippen molar-refractivity contribution < 1.29 is 18.7 Å². The van der Waals surface area contributed by atoms with Crippen molar-refractivity contribution in [3.63, 3.8) is 0 Å². The molecule has 0 saturated heterocycles. The highest BCUT2D eigenvalue weighted by molar-refractivity contribution is 6.31. The number of carbonyl (C=O) groups is 1. The first-order valence-corrected chi connectivity index (χ1v) is 6.80. The van der Waals surface area contributed by atoms with Crippen LogP contribution in [0.1, 0.15) is 10.4 Å². The van der Waals surface area contributed by atoms with Gasteiger partial charge in [0.15, 0.2) is 11.6 Å². The highest BCUT2D eigenvalue weighted by atomic mass is 35.5. The van der Waals surface area contributed by atoms with Crippen molar-refractivity contribution in [1.29, 1.82) is 0 Å². The Balaban J connectivity index is 2.42. The largest absolute Gasteiger partial charge is 0.477 e. The third-order valence-electron chi connectivity index (χ3n) is 3.39. The van der Waals surface area contributed by atoms with Gasteiger partial charge in [-0.05, 0) is 36.4 Å². The molecule has 2 aromatic carbocycles. The fraction of sp³-hybridized carbons (Fsp3) is 0. The van der Waals surface area contributed by atoms with Crippen molar-refractivity contribution in [3.8, 4) is 11.3 Å². The molecule has 0 aliphatic carbocycles. The zero-order valence-electron chi connectivity index (χ0n) is 11.4. The van der Waals surface area contributed by atoms with E-state index >= 15 is 0 Å². The molecule has 1 aromatic heterocycles. The summed E-state index contributed by atoms with van der Waals surface area (Å²) in [5.74, 6) is -3.69. The van der Waals surface area contributed by atoms with Crippen molar-refractivity contribution in [1.82, 2.24) is 4.98 Å². The highest BCUT2D eigenvalue weighted by Gasteiger charge is 2.20. The summed E-state index contributed by atoms with van der Waals surface area (Å²) in [6.45, 7) is 0. The number of fused-ring (bicyclic) bond motifs is 1. The van der Waals surface area contributed by atoms with Crippen LogP contribution in [0.25, 0.3) is 22.2 Å². The molecule has 0 amide bonds. The van der Waals surface area contributed by atoms with Gasteiger partial charge in [0.1, 0.15) is 5.56 Å². The number of benzene rings is 2. The molecule has 0 atom stereocenters. The number of rotatable bonds is 2. The van der Waals surface area contributed by atoms with Crippen molar-refractivity contribution in [2.75, 3.05) is 0 Å². The Labute approximate surface area is 133 Å². The lowest BCUT2D eigenvalue weighted by molar-refractivity contribution is 0.0696. The van der Waals surface area contributed by atoms with Gasteiger partial charge in [0, 0.05) is 16.0 Å². The molecule has 7 heteroatoms. The van der Waals surface area contributed by atoms with Crippen molar-refractivity contribution >= 4 is 28.5 Å². The monoisotopic (exact) mass is 335 g/mol. The molecule has 2 N–H and O–H groups in total. The van der Waals surface area contributed by atoms with Crippen molar-refractivity contribution in [2.24, 2.45) is 0 Å². The maximum Gasteiger partial charge on any atom is 0.341 e. The first-order valence-electron chi connectivity index (χ1n) is 6.42. The number of aromatic amines is 1. The summed E-state index contributed by atoms with van der Waals surface area (Å²) in [5, 5.41) is 9.81. The number of aromatic carboxylic acids is 1. The molecular formula is C16H8ClF2NO3. The number of H-pyrrole nitrogens is 1. The maximum atomic E-state index is 13.4. The van der Waals surface area contributed by atoms with Crippen LogP contribution in [0.4, 0.5) is 8.78 Å². The van der Waals surface area contributed by atoms with Crippen molar-refractivity contribution in [3.05, 3.63) is 68.8 Å². The van der Waals surface area contributed by atoms with Crippen LogP contribution in [0.2, 0.25) is 5.02 Å². The van der Waals surface area contributed by atoms with Gasteiger partial charge >= 0.3 is 5.97 Å². The molecule has 4 nitrogen and oxygen atoms in total. The van der Waals surface area contributed by atoms with E-state index in [9.17, 15) is 23.5 Å². The number of carboxylic acid groups (broad SMARTS) is 1. The summed E-state index contributed by atoms with van der Waals surface area (Å²) in [4.78, 5) is 26.6. The van der Waals surface area contributed by atoms with Gasteiger partial charge in [-0.3, -0.25) is 4.79 Å². The van der Waals surface area contributed by atoms with E-state index in [-0.39, 0.29) is 16.6 Å². The third kappa shape index (κ3) is 2.57. The Bertz CT molecular complexity index is 1010. The standard InChI is InChI=1S/C16H8ClF2NO3/c17-8-2-3-9-12(6-8)20-14(13(15(9)21)16(22)23)7-1-4-10(18)11(19)5-7/h1-6H,(H,20,21)(H,22,23). The number of hydrogen-bond acceptors (Lipinski definition) is 2. The van der Waals surface area contributed by atoms with E-state index in [4.69, 9.17) is 11.6 Å². The van der Waals surface area contributed by atoms with Gasteiger partial charge in [0.05, 0.1) is 11.2 Å². The molecule has 0 radical (unpaired) electrons. The molecular weight excluding hydrogens is 328 g/mol. The number of hydrogen-bond donors (Lipinski definition) is 2. The van der Waals surface area contributed by atoms with Crippen LogP contribution in [-0.2, 0) is 0 Å². The second-order valence-corrected chi connectivity index (χ2v) is 5.26. The SMILES string of the molecule is O=C(O)c1c(-c2ccc(F)c(F)c2)[nH]c2cc(Cl)ccc2c1=O. The van der Waals surface area contributed by atoms with E-state index in [0.717, 1.165) is 12.1 Å². The van der Waals surface area contributed by atoms with E-state index < -0.39 is 28.6 Å². The molecule has 0 saturated carbocycles. The topological polar surface area (TPSA) is 70.2 Å². The Morgan fingerprint density at radius 2 is 1.83 bits per heavy atom. The predicted molar refractivity (Wildman–Crippen MR) is 81.9 cm³/mol. The van der Waals surface area contributed by atoms with Gasteiger partial charge in [-0.15, -0.1) is 0 Å². The Morgan fingerprint density at radius 3 is 2.48 bits per heavy atom. The van der Waals surface area contributed by atoms with Crippen LogP contribution in [0.5, 0.6) is 0 Å². The summed E-state index contributed by atoms with van der Waals surface area (Å²) in [6, 6.07) is 7.18. The quantitative estimate of drug-likeness (QED) is 0.748. The molecule has 116 valence electrons. The minimum atomic E-state index is -1.47. The lowest BCUT2D eigenvalue weighted by Gasteiger charge is -2.09. The van der Waals surface area contributed by atoms with E-state index in [0.29, 0.717) is 10.5 Å². The lowest BCUT2D eigenvalue weighted by Crippen LogP contribution is -2.18. The normalized spacial score (nSPS) is 10.9. The van der Waals surface area contributed by atoms with E-state index in [1.54, 1.807) is 0 Å². The summed E-state index contributed by atoms with van der Waals surface area (Å²) in [6.07, 6.45) is 0. The lowest BCUT2D eigenvalue weighted by atomic mass is 10.0. The number of carboxylic acids is 1. The van der Waals surface area contributed by atoms with Crippen molar-refractivity contribution in [2.45, 2.75) is 0 Å². The van der Waals surface area contributed by atoms with Crippen LogP contribution in [0.15, 0.2) is 41.2 Å². The van der Waals surface area contributed by atoms with Gasteiger partial charge in [-0.1, -0.05) is 11.6 Å². The molecule has 0 aliphatic heterocycles. The van der Waals surface area contributed by atoms with E-state index in [1.807, 2.05) is 0 Å². The predicted octanol–water partition coefficient (Wildman–Crippen LogP) is 3.82. The minimum Gasteiger partial charge on any atom is -0.477 e. The molecule has 3 aromatic rings. The minimum absolute atomic E-state index is 0.0419. The van der Waals surface area contributed by atoms with Crippen LogP contribution in [0, 0.1) is 11.6 Å². The fourth-order valence-corrected chi connectivity index (χ4v) is 2.51. The second kappa shape index (κ2) is 5.48. The first kappa shape index (κ1) is 15.2. The van der Waals surface area contributed by atoms with Gasteiger partial charge in [-0.25, -0.2) is 13.6 Å². The van der Waals surface area contributed by atoms with Crippen LogP contribution in [0.3, 0.4) is 0 Å². The van der Waals surface area contributed by atoms with Crippen LogP contribution < -0.4 is 5.43 Å². The molecule has 1 heterocycles. The van der Waals surface area contributed by atoms with Gasteiger partial charge in [0.25, 0.3) is 0 Å². The maximum absolute atomic E-state index is 13.4. The number of nitrogens with one attached hydrogen (secondary N) is 1. The average molecular weight is 336 g/mol. The van der Waals surface area contributed by atoms with E-state index in [2.05, 4.69) is 4.98 Å². The smallest absolute Gasteiger partial charge is 0.341 e. The van der Waals surface area contributed by atoms with Gasteiger partial charge in [-0.2, -0.15) is 0 Å². The van der Waals surface area contributed by atoms with E-state index in [1.165, 1.54) is 24.3 Å². The molecule has 3 rings (SSSR count). The molecule has 23 heavy (non-hydrogen) atoms. The first-order chi connectivity index (χ1) is 10.9. The Kier molecular flexibility index (Phi) is 3.61. The number of halogens is 3. The average Bonchev–Trinajstić information content (AvgIpc) is 2.49. The summed E-state index contributed by atoms with van der Waals surface area (Å²) in [7, 11) is 0. The van der Waals surface area contributed by atoms with Gasteiger partial charge in [0.2, 0.25) is 5.43 Å². The molecule has 0 bridgehead atoms. The Morgan fingerprint density at radius 1 is 1.09 bits per heavy atom. The summed E-state index contributed by atoms with van der Waals surface area (Å²) < 4.78 is 26.5. The zero-order chi connectivity index (χ0) is 16.7.